The molecule has 6 nitrogen and oxygen atoms in total. The summed E-state index contributed by atoms with van der Waals surface area (Å²) in [6.45, 7) is 5.25. The summed E-state index contributed by atoms with van der Waals surface area (Å²) in [7, 11) is 0. The summed E-state index contributed by atoms with van der Waals surface area (Å²) in [5, 5.41) is 13.4. The molecule has 0 spiro atoms. The van der Waals surface area contributed by atoms with Crippen LogP contribution in [0.1, 0.15) is 12.6 Å². The minimum atomic E-state index is -0.603. The van der Waals surface area contributed by atoms with E-state index in [1.165, 1.54) is 22.4 Å². The Hall–Kier alpha value is -1.31. The second kappa shape index (κ2) is 5.55. The highest BCUT2D eigenvalue weighted by Crippen LogP contribution is 2.15. The molecule has 1 atom stereocenters. The van der Waals surface area contributed by atoms with Crippen molar-refractivity contribution in [1.29, 1.82) is 0 Å². The molecule has 0 aliphatic carbocycles. The highest BCUT2D eigenvalue weighted by atomic mass is 32.1. The number of aromatic nitrogens is 3. The van der Waals surface area contributed by atoms with Crippen molar-refractivity contribution in [3.63, 3.8) is 0 Å². The van der Waals surface area contributed by atoms with E-state index in [1.54, 1.807) is 6.92 Å². The molecule has 2 heterocycles. The smallest absolute Gasteiger partial charge is 0.264 e. The molecule has 2 aromatic heterocycles. The molecule has 2 rings (SSSR count). The van der Waals surface area contributed by atoms with Crippen molar-refractivity contribution in [3.8, 4) is 0 Å². The van der Waals surface area contributed by atoms with Gasteiger partial charge in [-0.1, -0.05) is 6.92 Å². The number of nitrogens with zero attached hydrogens (tertiary/aromatic N) is 3. The third-order valence-electron chi connectivity index (χ3n) is 2.67. The van der Waals surface area contributed by atoms with Gasteiger partial charge >= 0.3 is 0 Å². The van der Waals surface area contributed by atoms with Crippen molar-refractivity contribution in [2.24, 2.45) is 0 Å². The number of aliphatic hydroxyl groups excluding tert-OH is 1. The van der Waals surface area contributed by atoms with Gasteiger partial charge in [-0.2, -0.15) is 4.37 Å². The molecule has 2 N–H and O–H groups in total. The zero-order chi connectivity index (χ0) is 13.1. The van der Waals surface area contributed by atoms with E-state index in [1.807, 2.05) is 6.92 Å². The van der Waals surface area contributed by atoms with Gasteiger partial charge in [0.15, 0.2) is 4.83 Å². The van der Waals surface area contributed by atoms with Crippen LogP contribution in [0.5, 0.6) is 0 Å². The van der Waals surface area contributed by atoms with Crippen molar-refractivity contribution in [2.45, 2.75) is 26.5 Å². The molecule has 7 heteroatoms. The molecule has 0 saturated heterocycles. The van der Waals surface area contributed by atoms with Gasteiger partial charge in [0.2, 0.25) is 0 Å². The Balaban J connectivity index is 2.26. The highest BCUT2D eigenvalue weighted by molar-refractivity contribution is 7.12. The van der Waals surface area contributed by atoms with Gasteiger partial charge in [0.1, 0.15) is 0 Å². The molecular formula is C11H16N4O2S. The number of aryl methyl sites for hydroxylation is 1. The van der Waals surface area contributed by atoms with E-state index in [0.717, 1.165) is 6.54 Å². The third-order valence-corrected chi connectivity index (χ3v) is 3.52. The maximum atomic E-state index is 12.2. The Morgan fingerprint density at radius 2 is 2.39 bits per heavy atom. The quantitative estimate of drug-likeness (QED) is 0.806. The number of rotatable bonds is 5. The predicted octanol–water partition coefficient (Wildman–Crippen LogP) is 0.132. The van der Waals surface area contributed by atoms with E-state index >= 15 is 0 Å². The fraction of sp³-hybridized carbons (Fsp3) is 0.545. The molecule has 2 aromatic rings. The number of hydrogen-bond donors (Lipinski definition) is 2. The van der Waals surface area contributed by atoms with Crippen LogP contribution in [-0.4, -0.2) is 38.2 Å². The molecule has 98 valence electrons. The van der Waals surface area contributed by atoms with Crippen LogP contribution in [0.15, 0.2) is 11.1 Å². The second-order valence-electron chi connectivity index (χ2n) is 4.11. The largest absolute Gasteiger partial charge is 0.390 e. The van der Waals surface area contributed by atoms with Gasteiger partial charge in [-0.25, -0.2) is 4.98 Å². The Bertz CT molecular complexity index is 592. The summed E-state index contributed by atoms with van der Waals surface area (Å²) in [5.74, 6) is 0. The summed E-state index contributed by atoms with van der Waals surface area (Å²) in [4.78, 5) is 17.0. The SMILES string of the molecule is CCNCC(O)Cn1cnc2snc(C)c2c1=O. The fourth-order valence-corrected chi connectivity index (χ4v) is 2.48. The van der Waals surface area contributed by atoms with Crippen LogP contribution < -0.4 is 10.9 Å². The molecule has 0 aromatic carbocycles. The van der Waals surface area contributed by atoms with Crippen LogP contribution in [0, 0.1) is 6.92 Å². The summed E-state index contributed by atoms with van der Waals surface area (Å²) in [6, 6.07) is 0. The van der Waals surface area contributed by atoms with Crippen molar-refractivity contribution in [1.82, 2.24) is 19.2 Å². The average molecular weight is 268 g/mol. The molecule has 0 aliphatic heterocycles. The van der Waals surface area contributed by atoms with E-state index in [0.29, 0.717) is 22.5 Å². The highest BCUT2D eigenvalue weighted by Gasteiger charge is 2.12. The van der Waals surface area contributed by atoms with E-state index in [2.05, 4.69) is 14.7 Å². The third kappa shape index (κ3) is 2.58. The summed E-state index contributed by atoms with van der Waals surface area (Å²) >= 11 is 1.22. The van der Waals surface area contributed by atoms with Crippen LogP contribution in [0.3, 0.4) is 0 Å². The molecule has 0 fully saturated rings. The van der Waals surface area contributed by atoms with Gasteiger partial charge in [-0.15, -0.1) is 0 Å². The maximum Gasteiger partial charge on any atom is 0.264 e. The number of fused-ring (bicyclic) bond motifs is 1. The molecule has 18 heavy (non-hydrogen) atoms. The van der Waals surface area contributed by atoms with Gasteiger partial charge in [0.25, 0.3) is 5.56 Å². The van der Waals surface area contributed by atoms with Gasteiger partial charge in [-0.05, 0) is 25.0 Å². The Kier molecular flexibility index (Phi) is 4.05. The van der Waals surface area contributed by atoms with Crippen molar-refractivity contribution < 1.29 is 5.11 Å². The minimum Gasteiger partial charge on any atom is -0.390 e. The summed E-state index contributed by atoms with van der Waals surface area (Å²) < 4.78 is 5.55. The normalized spacial score (nSPS) is 13.1. The molecule has 1 unspecified atom stereocenters. The zero-order valence-corrected chi connectivity index (χ0v) is 11.2. The first kappa shape index (κ1) is 13.1. The first-order valence-corrected chi connectivity index (χ1v) is 6.61. The number of likely N-dealkylation sites (N-methyl/N-ethyl adjacent to an activating group) is 1. The van der Waals surface area contributed by atoms with Gasteiger partial charge < -0.3 is 10.4 Å². The van der Waals surface area contributed by atoms with E-state index in [9.17, 15) is 9.90 Å². The van der Waals surface area contributed by atoms with Crippen LogP contribution >= 0.6 is 11.5 Å². The zero-order valence-electron chi connectivity index (χ0n) is 10.4. The summed E-state index contributed by atoms with van der Waals surface area (Å²) in [5.41, 5.74) is 0.560. The lowest BCUT2D eigenvalue weighted by atomic mass is 10.3. The monoisotopic (exact) mass is 268 g/mol. The molecule has 0 radical (unpaired) electrons. The van der Waals surface area contributed by atoms with Crippen LogP contribution in [0.25, 0.3) is 10.2 Å². The lowest BCUT2D eigenvalue weighted by Crippen LogP contribution is -2.33. The van der Waals surface area contributed by atoms with Gasteiger partial charge in [-0.3, -0.25) is 9.36 Å². The molecule has 0 aliphatic rings. The van der Waals surface area contributed by atoms with Crippen molar-refractivity contribution in [3.05, 3.63) is 22.4 Å². The lowest BCUT2D eigenvalue weighted by Gasteiger charge is -2.12. The fourth-order valence-electron chi connectivity index (χ4n) is 1.74. The first-order chi connectivity index (χ1) is 8.63. The topological polar surface area (TPSA) is 80.0 Å². The number of aliphatic hydroxyl groups is 1. The van der Waals surface area contributed by atoms with E-state index < -0.39 is 6.10 Å². The summed E-state index contributed by atoms with van der Waals surface area (Å²) in [6.07, 6.45) is 0.867. The molecule has 0 saturated carbocycles. The van der Waals surface area contributed by atoms with Crippen LogP contribution in [-0.2, 0) is 6.54 Å². The molecule has 0 amide bonds. The van der Waals surface area contributed by atoms with Gasteiger partial charge in [0, 0.05) is 6.54 Å². The molecule has 0 bridgehead atoms. The first-order valence-electron chi connectivity index (χ1n) is 5.83. The van der Waals surface area contributed by atoms with Crippen molar-refractivity contribution in [2.75, 3.05) is 13.1 Å². The second-order valence-corrected chi connectivity index (χ2v) is 4.86. The number of nitrogens with one attached hydrogen (secondary N) is 1. The van der Waals surface area contributed by atoms with E-state index in [4.69, 9.17) is 0 Å². The minimum absolute atomic E-state index is 0.137. The Labute approximate surface area is 108 Å². The lowest BCUT2D eigenvalue weighted by molar-refractivity contribution is 0.150. The Morgan fingerprint density at radius 3 is 3.11 bits per heavy atom. The van der Waals surface area contributed by atoms with Crippen LogP contribution in [0.4, 0.5) is 0 Å². The van der Waals surface area contributed by atoms with Crippen molar-refractivity contribution >= 4 is 21.7 Å². The average Bonchev–Trinajstić information content (AvgIpc) is 2.73. The maximum absolute atomic E-state index is 12.2. The van der Waals surface area contributed by atoms with Crippen LogP contribution in [0.2, 0.25) is 0 Å². The Morgan fingerprint density at radius 1 is 1.61 bits per heavy atom. The van der Waals surface area contributed by atoms with Gasteiger partial charge in [0.05, 0.1) is 30.1 Å². The molecular weight excluding hydrogens is 252 g/mol. The standard InChI is InChI=1S/C11H16N4O2S/c1-3-12-4-8(16)5-15-6-13-10-9(11(15)17)7(2)14-18-10/h6,8,12,16H,3-5H2,1-2H3. The van der Waals surface area contributed by atoms with E-state index in [-0.39, 0.29) is 12.1 Å². The predicted molar refractivity (Wildman–Crippen MR) is 71.0 cm³/mol. The number of hydrogen-bond acceptors (Lipinski definition) is 6.